The molecule has 0 aliphatic carbocycles. The van der Waals surface area contributed by atoms with Crippen LogP contribution in [0.1, 0.15) is 11.1 Å². The molecule has 0 fully saturated rings. The van der Waals surface area contributed by atoms with Crippen molar-refractivity contribution in [2.24, 2.45) is 5.73 Å². The predicted octanol–water partition coefficient (Wildman–Crippen LogP) is 1.26. The molecule has 0 bridgehead atoms. The maximum atomic E-state index is 12.1. The molecule has 0 aliphatic heterocycles. The fraction of sp³-hybridized carbons (Fsp3) is 0.333. The lowest BCUT2D eigenvalue weighted by Crippen LogP contribution is -2.27. The number of nitrogens with zero attached hydrogens (tertiary/aromatic N) is 1. The summed E-state index contributed by atoms with van der Waals surface area (Å²) in [5.41, 5.74) is 7.42. The van der Waals surface area contributed by atoms with Gasteiger partial charge in [-0.1, -0.05) is 12.1 Å². The number of aryl methyl sites for hydroxylation is 1. The van der Waals surface area contributed by atoms with Crippen LogP contribution in [0.2, 0.25) is 0 Å². The minimum atomic E-state index is -3.44. The van der Waals surface area contributed by atoms with Gasteiger partial charge in [0.15, 0.2) is 0 Å². The van der Waals surface area contributed by atoms with Crippen molar-refractivity contribution >= 4 is 10.0 Å². The lowest BCUT2D eigenvalue weighted by molar-refractivity contribution is 0.499. The van der Waals surface area contributed by atoms with Gasteiger partial charge in [0.2, 0.25) is 10.0 Å². The van der Waals surface area contributed by atoms with E-state index >= 15 is 0 Å². The van der Waals surface area contributed by atoms with E-state index in [4.69, 9.17) is 5.73 Å². The molecule has 0 unspecified atom stereocenters. The first-order valence-electron chi connectivity index (χ1n) is 5.30. The van der Waals surface area contributed by atoms with Gasteiger partial charge in [0, 0.05) is 20.1 Å². The fourth-order valence-corrected chi connectivity index (χ4v) is 2.68. The summed E-state index contributed by atoms with van der Waals surface area (Å²) in [5.74, 6) is 0. The van der Waals surface area contributed by atoms with Crippen molar-refractivity contribution in [2.75, 3.05) is 13.6 Å². The van der Waals surface area contributed by atoms with Gasteiger partial charge >= 0.3 is 0 Å². The van der Waals surface area contributed by atoms with Crippen LogP contribution in [-0.2, 0) is 16.6 Å². The smallest absolute Gasteiger partial charge is 0.243 e. The number of rotatable bonds is 5. The second-order valence-corrected chi connectivity index (χ2v) is 5.91. The van der Waals surface area contributed by atoms with Crippen molar-refractivity contribution in [2.45, 2.75) is 18.4 Å². The van der Waals surface area contributed by atoms with Gasteiger partial charge in [0.1, 0.15) is 0 Å². The van der Waals surface area contributed by atoms with Crippen LogP contribution in [-0.4, -0.2) is 26.3 Å². The van der Waals surface area contributed by atoms with E-state index in [1.165, 1.54) is 11.4 Å². The third kappa shape index (κ3) is 2.94. The third-order valence-corrected chi connectivity index (χ3v) is 4.45. The standard InChI is InChI=1S/C12H18N2O2S/c1-4-7-14(3)17(15,16)12-6-5-10(2)11(8-12)9-13/h4-6,8H,1,7,9,13H2,2-3H3. The van der Waals surface area contributed by atoms with Crippen molar-refractivity contribution in [1.82, 2.24) is 4.31 Å². The Hall–Kier alpha value is -1.17. The van der Waals surface area contributed by atoms with Gasteiger partial charge in [-0.3, -0.25) is 0 Å². The van der Waals surface area contributed by atoms with E-state index < -0.39 is 10.0 Å². The zero-order chi connectivity index (χ0) is 13.1. The maximum absolute atomic E-state index is 12.1. The second kappa shape index (κ2) is 5.44. The van der Waals surface area contributed by atoms with Crippen LogP contribution in [0, 0.1) is 6.92 Å². The van der Waals surface area contributed by atoms with E-state index in [1.807, 2.05) is 6.92 Å². The summed E-state index contributed by atoms with van der Waals surface area (Å²) >= 11 is 0. The Morgan fingerprint density at radius 1 is 1.47 bits per heavy atom. The van der Waals surface area contributed by atoms with Gasteiger partial charge in [-0.2, -0.15) is 4.31 Å². The summed E-state index contributed by atoms with van der Waals surface area (Å²) in [4.78, 5) is 0.271. The minimum absolute atomic E-state index is 0.271. The molecule has 2 N–H and O–H groups in total. The van der Waals surface area contributed by atoms with Gasteiger partial charge in [0.25, 0.3) is 0 Å². The van der Waals surface area contributed by atoms with E-state index in [1.54, 1.807) is 24.3 Å². The van der Waals surface area contributed by atoms with E-state index in [0.717, 1.165) is 11.1 Å². The summed E-state index contributed by atoms with van der Waals surface area (Å²) in [5, 5.41) is 0. The number of likely N-dealkylation sites (N-methyl/N-ethyl adjacent to an activating group) is 1. The molecular formula is C12H18N2O2S. The van der Waals surface area contributed by atoms with E-state index in [9.17, 15) is 8.42 Å². The molecule has 0 aliphatic rings. The van der Waals surface area contributed by atoms with Crippen molar-refractivity contribution in [3.8, 4) is 0 Å². The van der Waals surface area contributed by atoms with Crippen molar-refractivity contribution in [3.05, 3.63) is 42.0 Å². The second-order valence-electron chi connectivity index (χ2n) is 3.87. The molecule has 17 heavy (non-hydrogen) atoms. The summed E-state index contributed by atoms with van der Waals surface area (Å²) < 4.78 is 25.5. The molecule has 0 spiro atoms. The molecule has 0 saturated heterocycles. The predicted molar refractivity (Wildman–Crippen MR) is 69.1 cm³/mol. The summed E-state index contributed by atoms with van der Waals surface area (Å²) in [7, 11) is -1.92. The fourth-order valence-electron chi connectivity index (χ4n) is 1.49. The highest BCUT2D eigenvalue weighted by molar-refractivity contribution is 7.89. The van der Waals surface area contributed by atoms with Crippen LogP contribution in [0.3, 0.4) is 0 Å². The topological polar surface area (TPSA) is 63.4 Å². The number of hydrogen-bond donors (Lipinski definition) is 1. The molecule has 94 valence electrons. The molecule has 0 heterocycles. The summed E-state index contributed by atoms with van der Waals surface area (Å²) in [6, 6.07) is 5.00. The maximum Gasteiger partial charge on any atom is 0.243 e. The highest BCUT2D eigenvalue weighted by Gasteiger charge is 2.20. The van der Waals surface area contributed by atoms with Gasteiger partial charge in [-0.05, 0) is 30.2 Å². The lowest BCUT2D eigenvalue weighted by Gasteiger charge is -2.16. The molecule has 0 atom stereocenters. The minimum Gasteiger partial charge on any atom is -0.326 e. The third-order valence-electron chi connectivity index (χ3n) is 2.63. The normalized spacial score (nSPS) is 11.8. The first-order valence-corrected chi connectivity index (χ1v) is 6.74. The van der Waals surface area contributed by atoms with Gasteiger partial charge in [0.05, 0.1) is 4.90 Å². The quantitative estimate of drug-likeness (QED) is 0.805. The molecule has 0 amide bonds. The Balaban J connectivity index is 3.20. The number of benzene rings is 1. The van der Waals surface area contributed by atoms with Crippen molar-refractivity contribution in [3.63, 3.8) is 0 Å². The van der Waals surface area contributed by atoms with Crippen LogP contribution >= 0.6 is 0 Å². The van der Waals surface area contributed by atoms with Gasteiger partial charge in [-0.15, -0.1) is 6.58 Å². The van der Waals surface area contributed by atoms with Gasteiger partial charge in [-0.25, -0.2) is 8.42 Å². The van der Waals surface area contributed by atoms with Gasteiger partial charge < -0.3 is 5.73 Å². The van der Waals surface area contributed by atoms with Crippen molar-refractivity contribution < 1.29 is 8.42 Å². The number of sulfonamides is 1. The van der Waals surface area contributed by atoms with E-state index in [-0.39, 0.29) is 11.4 Å². The molecule has 1 rings (SSSR count). The summed E-state index contributed by atoms with van der Waals surface area (Å²) in [6.45, 7) is 6.06. The molecule has 0 saturated carbocycles. The van der Waals surface area contributed by atoms with Crippen molar-refractivity contribution in [1.29, 1.82) is 0 Å². The number of nitrogens with two attached hydrogens (primary N) is 1. The summed E-state index contributed by atoms with van der Waals surface area (Å²) in [6.07, 6.45) is 1.55. The average molecular weight is 254 g/mol. The molecule has 1 aromatic carbocycles. The molecule has 5 heteroatoms. The Bertz CT molecular complexity index is 509. The monoisotopic (exact) mass is 254 g/mol. The average Bonchev–Trinajstić information content (AvgIpc) is 2.29. The van der Waals surface area contributed by atoms with E-state index in [0.29, 0.717) is 6.54 Å². The number of hydrogen-bond acceptors (Lipinski definition) is 3. The first kappa shape index (κ1) is 13.9. The highest BCUT2D eigenvalue weighted by Crippen LogP contribution is 2.18. The largest absolute Gasteiger partial charge is 0.326 e. The van der Waals surface area contributed by atoms with Crippen LogP contribution in [0.25, 0.3) is 0 Å². The molecule has 4 nitrogen and oxygen atoms in total. The highest BCUT2D eigenvalue weighted by atomic mass is 32.2. The van der Waals surface area contributed by atoms with Crippen LogP contribution < -0.4 is 5.73 Å². The van der Waals surface area contributed by atoms with Crippen LogP contribution in [0.5, 0.6) is 0 Å². The van der Waals surface area contributed by atoms with Crippen LogP contribution in [0.4, 0.5) is 0 Å². The molecule has 0 aromatic heterocycles. The Kier molecular flexibility index (Phi) is 4.45. The first-order chi connectivity index (χ1) is 7.93. The lowest BCUT2D eigenvalue weighted by atomic mass is 10.1. The molecule has 1 aromatic rings. The Morgan fingerprint density at radius 2 is 2.12 bits per heavy atom. The Labute approximate surface area is 103 Å². The molecular weight excluding hydrogens is 236 g/mol. The van der Waals surface area contributed by atoms with Crippen LogP contribution in [0.15, 0.2) is 35.7 Å². The SMILES string of the molecule is C=CCN(C)S(=O)(=O)c1ccc(C)c(CN)c1. The molecule has 0 radical (unpaired) electrons. The van der Waals surface area contributed by atoms with E-state index in [2.05, 4.69) is 6.58 Å². The Morgan fingerprint density at radius 3 is 2.65 bits per heavy atom. The zero-order valence-corrected chi connectivity index (χ0v) is 11.0. The zero-order valence-electron chi connectivity index (χ0n) is 10.2.